The molecule has 0 aromatic heterocycles. The molecule has 0 radical (unpaired) electrons. The fourth-order valence-electron chi connectivity index (χ4n) is 0.995. The van der Waals surface area contributed by atoms with Gasteiger partial charge < -0.3 is 10.5 Å². The fourth-order valence-corrected chi connectivity index (χ4v) is 0.995. The van der Waals surface area contributed by atoms with E-state index in [0.717, 1.165) is 0 Å². The average molecular weight is 161 g/mol. The van der Waals surface area contributed by atoms with Gasteiger partial charge in [-0.3, -0.25) is 0 Å². The summed E-state index contributed by atoms with van der Waals surface area (Å²) in [5.41, 5.74) is 8.61. The normalized spacial score (nSPS) is 16.9. The van der Waals surface area contributed by atoms with Gasteiger partial charge in [0.15, 0.2) is 0 Å². The largest absolute Gasteiger partial charge is 0.383 e. The Balaban J connectivity index is 3.87. The van der Waals surface area contributed by atoms with Crippen molar-refractivity contribution in [3.63, 3.8) is 0 Å². The molecule has 0 saturated heterocycles. The second-order valence-electron chi connectivity index (χ2n) is 3.20. The Kier molecular flexibility index (Phi) is 4.60. The Morgan fingerprint density at radius 1 is 1.55 bits per heavy atom. The number of hydrogen-bond acceptors (Lipinski definition) is 4. The smallest absolute Gasteiger partial charge is 0.0667 e. The monoisotopic (exact) mass is 161 g/mol. The van der Waals surface area contributed by atoms with Crippen LogP contribution in [0.2, 0.25) is 0 Å². The van der Waals surface area contributed by atoms with Gasteiger partial charge in [-0.25, -0.2) is 10.4 Å². The highest BCUT2D eigenvalue weighted by Crippen LogP contribution is 2.00. The van der Waals surface area contributed by atoms with Gasteiger partial charge in [0.2, 0.25) is 0 Å². The van der Waals surface area contributed by atoms with Crippen LogP contribution in [0.25, 0.3) is 0 Å². The Hall–Kier alpha value is -0.160. The molecule has 0 aliphatic heterocycles. The van der Waals surface area contributed by atoms with Crippen molar-refractivity contribution in [2.24, 2.45) is 5.73 Å². The minimum absolute atomic E-state index is 0.155. The Morgan fingerprint density at radius 3 is 2.36 bits per heavy atom. The lowest BCUT2D eigenvalue weighted by Gasteiger charge is -2.31. The highest BCUT2D eigenvalue weighted by atomic mass is 16.5. The van der Waals surface area contributed by atoms with Crippen molar-refractivity contribution in [3.8, 4) is 0 Å². The predicted molar refractivity (Wildman–Crippen MR) is 46.2 cm³/mol. The highest BCUT2D eigenvalue weighted by molar-refractivity contribution is 4.81. The van der Waals surface area contributed by atoms with E-state index >= 15 is 0 Å². The number of methoxy groups -OCH3 is 1. The third-order valence-electron chi connectivity index (χ3n) is 1.41. The van der Waals surface area contributed by atoms with Gasteiger partial charge in [-0.2, -0.15) is 0 Å². The molecule has 0 aliphatic rings. The Labute approximate surface area is 68.7 Å². The Morgan fingerprint density at radius 2 is 2.09 bits per heavy atom. The maximum atomic E-state index is 5.57. The summed E-state index contributed by atoms with van der Waals surface area (Å²) in [6, 6.07) is 0. The summed E-state index contributed by atoms with van der Waals surface area (Å²) < 4.78 is 5.03. The van der Waals surface area contributed by atoms with Gasteiger partial charge in [-0.1, -0.05) is 0 Å². The molecule has 1 unspecified atom stereocenters. The molecule has 0 saturated carbocycles. The predicted octanol–water partition coefficient (Wildman–Crippen LogP) is -0.584. The second kappa shape index (κ2) is 4.66. The summed E-state index contributed by atoms with van der Waals surface area (Å²) in [4.78, 5) is 0. The first-order valence-electron chi connectivity index (χ1n) is 3.68. The fraction of sp³-hybridized carbons (Fsp3) is 1.00. The van der Waals surface area contributed by atoms with Crippen LogP contribution in [0.5, 0.6) is 0 Å². The van der Waals surface area contributed by atoms with Crippen molar-refractivity contribution >= 4 is 0 Å². The molecule has 1 atom stereocenters. The zero-order valence-corrected chi connectivity index (χ0v) is 7.85. The summed E-state index contributed by atoms with van der Waals surface area (Å²) in [5.74, 6) is 0. The van der Waals surface area contributed by atoms with Crippen LogP contribution in [-0.4, -0.2) is 44.9 Å². The first-order valence-corrected chi connectivity index (χ1v) is 3.68. The number of nitrogens with one attached hydrogen (secondary N) is 1. The first-order chi connectivity index (χ1) is 5.04. The average Bonchev–Trinajstić information content (AvgIpc) is 1.87. The van der Waals surface area contributed by atoms with Crippen LogP contribution in [-0.2, 0) is 4.74 Å². The van der Waals surface area contributed by atoms with Crippen molar-refractivity contribution in [2.45, 2.75) is 12.5 Å². The molecule has 0 aromatic carbocycles. The molecule has 0 fully saturated rings. The minimum atomic E-state index is -0.155. The second-order valence-corrected chi connectivity index (χ2v) is 3.20. The van der Waals surface area contributed by atoms with E-state index in [4.69, 9.17) is 10.5 Å². The zero-order chi connectivity index (χ0) is 8.91. The van der Waals surface area contributed by atoms with E-state index < -0.39 is 0 Å². The summed E-state index contributed by atoms with van der Waals surface area (Å²) in [6.07, 6.45) is 0. The van der Waals surface area contributed by atoms with Gasteiger partial charge in [0.05, 0.1) is 12.1 Å². The molecule has 0 aromatic rings. The van der Waals surface area contributed by atoms with Crippen LogP contribution >= 0.6 is 0 Å². The molecule has 0 spiro atoms. The SMILES string of the molecule is COCC(C)(CN)NN(C)C. The summed E-state index contributed by atoms with van der Waals surface area (Å²) in [7, 11) is 5.54. The topological polar surface area (TPSA) is 50.5 Å². The van der Waals surface area contributed by atoms with Crippen molar-refractivity contribution in [3.05, 3.63) is 0 Å². The highest BCUT2D eigenvalue weighted by Gasteiger charge is 2.22. The van der Waals surface area contributed by atoms with E-state index in [1.807, 2.05) is 26.0 Å². The standard InChI is InChI=1S/C7H19N3O/c1-7(5-8,6-11-4)9-10(2)3/h9H,5-6,8H2,1-4H3. The molecule has 0 bridgehead atoms. The third-order valence-corrected chi connectivity index (χ3v) is 1.41. The molecule has 11 heavy (non-hydrogen) atoms. The van der Waals surface area contributed by atoms with Crippen LogP contribution in [0.3, 0.4) is 0 Å². The van der Waals surface area contributed by atoms with E-state index in [1.165, 1.54) is 0 Å². The maximum Gasteiger partial charge on any atom is 0.0667 e. The van der Waals surface area contributed by atoms with E-state index in [9.17, 15) is 0 Å². The molecule has 3 N–H and O–H groups in total. The molecule has 68 valence electrons. The van der Waals surface area contributed by atoms with Crippen LogP contribution in [0.4, 0.5) is 0 Å². The molecule has 0 heterocycles. The van der Waals surface area contributed by atoms with Crippen LogP contribution < -0.4 is 11.2 Å². The number of nitrogens with zero attached hydrogens (tertiary/aromatic N) is 1. The lowest BCUT2D eigenvalue weighted by atomic mass is 10.1. The van der Waals surface area contributed by atoms with Gasteiger partial charge in [-0.05, 0) is 6.92 Å². The van der Waals surface area contributed by atoms with Gasteiger partial charge in [0, 0.05) is 27.7 Å². The van der Waals surface area contributed by atoms with Crippen LogP contribution in [0, 0.1) is 0 Å². The molecule has 0 rings (SSSR count). The molecule has 0 aliphatic carbocycles. The van der Waals surface area contributed by atoms with Crippen molar-refractivity contribution in [1.82, 2.24) is 10.4 Å². The lowest BCUT2D eigenvalue weighted by molar-refractivity contribution is 0.0750. The van der Waals surface area contributed by atoms with Gasteiger partial charge in [-0.15, -0.1) is 0 Å². The number of ether oxygens (including phenoxy) is 1. The number of nitrogens with two attached hydrogens (primary N) is 1. The van der Waals surface area contributed by atoms with E-state index in [0.29, 0.717) is 13.2 Å². The molecule has 4 heteroatoms. The third kappa shape index (κ3) is 4.31. The number of rotatable bonds is 5. The molecular formula is C7H19N3O. The van der Waals surface area contributed by atoms with Crippen molar-refractivity contribution in [1.29, 1.82) is 0 Å². The summed E-state index contributed by atoms with van der Waals surface area (Å²) in [5, 5.41) is 1.88. The summed E-state index contributed by atoms with van der Waals surface area (Å²) >= 11 is 0. The van der Waals surface area contributed by atoms with E-state index in [1.54, 1.807) is 7.11 Å². The van der Waals surface area contributed by atoms with Crippen molar-refractivity contribution in [2.75, 3.05) is 34.4 Å². The van der Waals surface area contributed by atoms with Gasteiger partial charge >= 0.3 is 0 Å². The van der Waals surface area contributed by atoms with E-state index in [2.05, 4.69) is 5.43 Å². The first kappa shape index (κ1) is 10.8. The summed E-state index contributed by atoms with van der Waals surface area (Å²) in [6.45, 7) is 3.19. The maximum absolute atomic E-state index is 5.57. The molecule has 0 amide bonds. The quantitative estimate of drug-likeness (QED) is 0.530. The van der Waals surface area contributed by atoms with E-state index in [-0.39, 0.29) is 5.54 Å². The Bertz CT molecular complexity index is 108. The number of hydrogen-bond donors (Lipinski definition) is 2. The van der Waals surface area contributed by atoms with Crippen molar-refractivity contribution < 1.29 is 4.74 Å². The van der Waals surface area contributed by atoms with Crippen LogP contribution in [0.1, 0.15) is 6.92 Å². The van der Waals surface area contributed by atoms with Crippen LogP contribution in [0.15, 0.2) is 0 Å². The minimum Gasteiger partial charge on any atom is -0.383 e. The number of hydrazine groups is 1. The lowest BCUT2D eigenvalue weighted by Crippen LogP contribution is -2.56. The zero-order valence-electron chi connectivity index (χ0n) is 7.85. The van der Waals surface area contributed by atoms with Gasteiger partial charge in [0.1, 0.15) is 0 Å². The van der Waals surface area contributed by atoms with Gasteiger partial charge in [0.25, 0.3) is 0 Å². The molecule has 4 nitrogen and oxygen atoms in total. The molecular weight excluding hydrogens is 142 g/mol.